The molecule has 1 nitrogen and oxygen atoms in total. The lowest BCUT2D eigenvalue weighted by molar-refractivity contribution is -0.0451. The maximum atomic E-state index is 4.00. The first-order valence-electron chi connectivity index (χ1n) is 3.39. The summed E-state index contributed by atoms with van der Waals surface area (Å²) < 4.78 is 4.00. The van der Waals surface area contributed by atoms with Gasteiger partial charge >= 0.3 is 0 Å². The van der Waals surface area contributed by atoms with Gasteiger partial charge in [0.25, 0.3) is 0 Å². The van der Waals surface area contributed by atoms with Gasteiger partial charge in [0.05, 0.1) is 0 Å². The second-order valence-corrected chi connectivity index (χ2v) is 2.47. The maximum absolute atomic E-state index is 4.00. The molecule has 0 aliphatic heterocycles. The van der Waals surface area contributed by atoms with Crippen LogP contribution in [0.15, 0.2) is 0 Å². The Morgan fingerprint density at radius 1 is 1.12 bits per heavy atom. The van der Waals surface area contributed by atoms with E-state index in [1.807, 2.05) is 0 Å². The van der Waals surface area contributed by atoms with Crippen LogP contribution in [0, 0.1) is 7.11 Å². The van der Waals surface area contributed by atoms with Crippen LogP contribution < -0.4 is 0 Å². The molecule has 0 heterocycles. The Morgan fingerprint density at radius 3 is 2.12 bits per heavy atom. The summed E-state index contributed by atoms with van der Waals surface area (Å²) >= 11 is 0. The normalized spacial score (nSPS) is 23.6. The average molecular weight is 114 g/mol. The third kappa shape index (κ3) is 1.48. The molecule has 1 aliphatic carbocycles. The Kier molecular flexibility index (Phi) is 2.34. The number of hydrogen-bond acceptors (Lipinski definition) is 0. The fraction of sp³-hybridized carbons (Fsp3) is 0.857. The van der Waals surface area contributed by atoms with E-state index < -0.39 is 0 Å². The predicted molar refractivity (Wildman–Crippen MR) is 34.4 cm³/mol. The van der Waals surface area contributed by atoms with E-state index >= 15 is 0 Å². The number of aliphatic hydroxyl groups is 2. The molecular weight excluding hydrogens is 100 g/mol. The molecule has 1 heteroatoms. The highest BCUT2D eigenvalue weighted by molar-refractivity contribution is 4.63. The van der Waals surface area contributed by atoms with E-state index in [1.165, 1.54) is 32.1 Å². The van der Waals surface area contributed by atoms with Crippen LogP contribution >= 0.6 is 0 Å². The molecule has 1 rings (SSSR count). The van der Waals surface area contributed by atoms with E-state index in [0.29, 0.717) is 6.10 Å². The summed E-state index contributed by atoms with van der Waals surface area (Å²) in [6, 6.07) is 0. The van der Waals surface area contributed by atoms with Crippen molar-refractivity contribution >= 4 is 0 Å². The van der Waals surface area contributed by atoms with Crippen LogP contribution in [0.25, 0.3) is 0 Å². The van der Waals surface area contributed by atoms with Crippen molar-refractivity contribution in [2.24, 2.45) is 0 Å². The zero-order valence-corrected chi connectivity index (χ0v) is 5.27. The molecule has 48 valence electrons. The lowest BCUT2D eigenvalue weighted by Crippen LogP contribution is -2.16. The zero-order valence-electron chi connectivity index (χ0n) is 5.27. The topological polar surface area (TPSA) is 12.8 Å². The molecule has 0 aromatic rings. The standard InChI is InChI=1S/C7H14O/c1-8-7-5-3-2-4-6-7/h7-8H,1-6H2. The lowest BCUT2D eigenvalue weighted by Gasteiger charge is -2.19. The van der Waals surface area contributed by atoms with E-state index in [4.69, 9.17) is 0 Å². The van der Waals surface area contributed by atoms with Gasteiger partial charge in [0.15, 0.2) is 0 Å². The Labute approximate surface area is 51.0 Å². The summed E-state index contributed by atoms with van der Waals surface area (Å²) in [5.74, 6) is 0. The first kappa shape index (κ1) is 6.09. The van der Waals surface area contributed by atoms with E-state index in [1.54, 1.807) is 0 Å². The van der Waals surface area contributed by atoms with Crippen LogP contribution in [0.5, 0.6) is 0 Å². The SMILES string of the molecule is [CH2-][OH+]C1CCCCC1. The van der Waals surface area contributed by atoms with Crippen molar-refractivity contribution in [2.45, 2.75) is 38.2 Å². The van der Waals surface area contributed by atoms with Crippen molar-refractivity contribution in [1.29, 1.82) is 0 Å². The molecule has 0 atom stereocenters. The summed E-state index contributed by atoms with van der Waals surface area (Å²) in [5.41, 5.74) is 0. The van der Waals surface area contributed by atoms with Gasteiger partial charge in [-0.1, -0.05) is 13.5 Å². The quantitative estimate of drug-likeness (QED) is 0.363. The minimum absolute atomic E-state index is 0.601. The van der Waals surface area contributed by atoms with Crippen molar-refractivity contribution in [3.8, 4) is 0 Å². The molecular formula is C7H14O. The molecule has 0 saturated heterocycles. The van der Waals surface area contributed by atoms with E-state index in [2.05, 4.69) is 11.8 Å². The molecule has 0 bridgehead atoms. The first-order valence-corrected chi connectivity index (χ1v) is 3.39. The van der Waals surface area contributed by atoms with Gasteiger partial charge in [0, 0.05) is 12.8 Å². The molecule has 1 saturated carbocycles. The van der Waals surface area contributed by atoms with Crippen LogP contribution in [0.4, 0.5) is 0 Å². The molecule has 1 N–H and O–H groups in total. The van der Waals surface area contributed by atoms with E-state index in [9.17, 15) is 0 Å². The fourth-order valence-electron chi connectivity index (χ4n) is 1.26. The summed E-state index contributed by atoms with van der Waals surface area (Å²) in [6.07, 6.45) is 7.30. The Bertz CT molecular complexity index is 55.4. The van der Waals surface area contributed by atoms with Crippen LogP contribution in [0.1, 0.15) is 32.1 Å². The zero-order chi connectivity index (χ0) is 5.82. The van der Waals surface area contributed by atoms with Crippen molar-refractivity contribution in [1.82, 2.24) is 0 Å². The largest absolute Gasteiger partial charge is 0.579 e. The highest BCUT2D eigenvalue weighted by atomic mass is 16.5. The second-order valence-electron chi connectivity index (χ2n) is 2.47. The van der Waals surface area contributed by atoms with Gasteiger partial charge in [0.1, 0.15) is 6.10 Å². The minimum Gasteiger partial charge on any atom is -0.579 e. The Morgan fingerprint density at radius 2 is 1.75 bits per heavy atom. The summed E-state index contributed by atoms with van der Waals surface area (Å²) in [6.45, 7) is 0. The number of ether oxygens (including phenoxy) is 1. The second kappa shape index (κ2) is 3.08. The predicted octanol–water partition coefficient (Wildman–Crippen LogP) is 1.64. The van der Waals surface area contributed by atoms with Gasteiger partial charge in [-0.05, 0) is 12.8 Å². The summed E-state index contributed by atoms with van der Waals surface area (Å²) in [7, 11) is 3.53. The van der Waals surface area contributed by atoms with E-state index in [-0.39, 0.29) is 0 Å². The monoisotopic (exact) mass is 114 g/mol. The smallest absolute Gasteiger partial charge is 0.129 e. The number of rotatable bonds is 1. The molecule has 0 radical (unpaired) electrons. The molecule has 1 fully saturated rings. The fourth-order valence-corrected chi connectivity index (χ4v) is 1.26. The Hall–Kier alpha value is -0.0400. The van der Waals surface area contributed by atoms with Gasteiger partial charge in [-0.15, -0.1) is 0 Å². The van der Waals surface area contributed by atoms with Crippen LogP contribution in [0.3, 0.4) is 0 Å². The van der Waals surface area contributed by atoms with Crippen molar-refractivity contribution in [3.63, 3.8) is 0 Å². The van der Waals surface area contributed by atoms with Crippen molar-refractivity contribution in [3.05, 3.63) is 7.11 Å². The molecule has 1 aliphatic rings. The van der Waals surface area contributed by atoms with Gasteiger partial charge in [0.2, 0.25) is 0 Å². The average Bonchev–Trinajstić information content (AvgIpc) is 1.90. The van der Waals surface area contributed by atoms with Crippen LogP contribution in [-0.2, 0) is 0 Å². The molecule has 0 unspecified atom stereocenters. The van der Waals surface area contributed by atoms with Gasteiger partial charge in [-0.25, -0.2) is 0 Å². The summed E-state index contributed by atoms with van der Waals surface area (Å²) in [5, 5.41) is 0. The molecule has 0 amide bonds. The van der Waals surface area contributed by atoms with Gasteiger partial charge < -0.3 is 4.74 Å². The molecule has 0 aromatic heterocycles. The highest BCUT2D eigenvalue weighted by Crippen LogP contribution is 2.18. The number of hydrogen-bond donors (Lipinski definition) is 0. The lowest BCUT2D eigenvalue weighted by atomic mass is 9.98. The van der Waals surface area contributed by atoms with Crippen LogP contribution in [0.2, 0.25) is 0 Å². The van der Waals surface area contributed by atoms with Gasteiger partial charge in [-0.2, -0.15) is 0 Å². The van der Waals surface area contributed by atoms with Crippen molar-refractivity contribution in [2.75, 3.05) is 0 Å². The summed E-state index contributed by atoms with van der Waals surface area (Å²) in [4.78, 5) is 0. The van der Waals surface area contributed by atoms with E-state index in [0.717, 1.165) is 0 Å². The third-order valence-corrected chi connectivity index (χ3v) is 1.83. The van der Waals surface area contributed by atoms with Crippen molar-refractivity contribution < 1.29 is 4.74 Å². The van der Waals surface area contributed by atoms with Gasteiger partial charge in [-0.3, -0.25) is 0 Å². The third-order valence-electron chi connectivity index (χ3n) is 1.83. The molecule has 0 aromatic carbocycles. The maximum Gasteiger partial charge on any atom is 0.129 e. The minimum atomic E-state index is 0.601. The Balaban J connectivity index is 2.13. The highest BCUT2D eigenvalue weighted by Gasteiger charge is 2.12. The first-order chi connectivity index (χ1) is 3.93. The molecule has 0 spiro atoms. The van der Waals surface area contributed by atoms with Crippen LogP contribution in [-0.4, -0.2) is 10.8 Å². The molecule has 8 heavy (non-hydrogen) atoms.